The molecule has 32 heavy (non-hydrogen) atoms. The van der Waals surface area contributed by atoms with Crippen LogP contribution in [-0.2, 0) is 30.7 Å². The second-order valence-corrected chi connectivity index (χ2v) is 10.1. The fraction of sp³-hybridized carbons (Fsp3) is 0.423. The summed E-state index contributed by atoms with van der Waals surface area (Å²) in [7, 11) is 2.28. The number of rotatable bonds is 8. The Morgan fingerprint density at radius 3 is 2.44 bits per heavy atom. The molecule has 2 aliphatic rings. The zero-order valence-electron chi connectivity index (χ0n) is 18.8. The van der Waals surface area contributed by atoms with Crippen molar-refractivity contribution in [1.29, 1.82) is 0 Å². The average molecular weight is 449 g/mol. The molecule has 1 aromatic heterocycles. The van der Waals surface area contributed by atoms with Gasteiger partial charge in [0.2, 0.25) is 0 Å². The number of benzene rings is 2. The summed E-state index contributed by atoms with van der Waals surface area (Å²) in [4.78, 5) is 10.9. The molecule has 0 bridgehead atoms. The number of nitrogens with zero attached hydrogens (tertiary/aromatic N) is 3. The first-order valence-corrected chi connectivity index (χ1v) is 12.3. The number of hydrogen-bond acceptors (Lipinski definition) is 6. The van der Waals surface area contributed by atoms with Gasteiger partial charge in [0.1, 0.15) is 0 Å². The molecular weight excluding hydrogens is 416 g/mol. The van der Waals surface area contributed by atoms with Gasteiger partial charge in [-0.25, -0.2) is 4.98 Å². The average Bonchev–Trinajstić information content (AvgIpc) is 3.46. The van der Waals surface area contributed by atoms with Crippen molar-refractivity contribution in [3.8, 4) is 0 Å². The van der Waals surface area contributed by atoms with E-state index in [0.717, 1.165) is 63.9 Å². The molecule has 0 amide bonds. The Labute approximate surface area is 195 Å². The van der Waals surface area contributed by atoms with Gasteiger partial charge in [0.05, 0.1) is 13.2 Å². The van der Waals surface area contributed by atoms with Gasteiger partial charge in [-0.2, -0.15) is 0 Å². The lowest BCUT2D eigenvalue weighted by molar-refractivity contribution is 0.117. The van der Waals surface area contributed by atoms with Crippen molar-refractivity contribution >= 4 is 16.5 Å². The Balaban J connectivity index is 1.26. The first-order valence-electron chi connectivity index (χ1n) is 11.5. The molecule has 0 spiro atoms. The molecule has 1 aliphatic heterocycles. The number of fused-ring (bicyclic) bond motifs is 1. The Bertz CT molecular complexity index is 990. The Morgan fingerprint density at radius 1 is 1.03 bits per heavy atom. The van der Waals surface area contributed by atoms with Gasteiger partial charge >= 0.3 is 0 Å². The van der Waals surface area contributed by atoms with Crippen molar-refractivity contribution in [3.63, 3.8) is 0 Å². The number of hydrogen-bond donors (Lipinski definition) is 1. The minimum absolute atomic E-state index is 0.0806. The molecule has 0 atom stereocenters. The molecule has 1 N–H and O–H groups in total. The molecule has 2 aromatic carbocycles. The first kappa shape index (κ1) is 21.6. The summed E-state index contributed by atoms with van der Waals surface area (Å²) < 4.78 is 5.47. The van der Waals surface area contributed by atoms with Gasteiger partial charge in [0.15, 0.2) is 5.13 Å². The van der Waals surface area contributed by atoms with Crippen LogP contribution in [-0.4, -0.2) is 55.3 Å². The summed E-state index contributed by atoms with van der Waals surface area (Å²) >= 11 is 1.80. The normalized spacial score (nSPS) is 17.6. The number of nitrogens with one attached hydrogen (secondary N) is 1. The van der Waals surface area contributed by atoms with Crippen molar-refractivity contribution < 1.29 is 4.74 Å². The number of likely N-dealkylation sites (N-methyl/N-ethyl adjacent to an activating group) is 1. The molecule has 1 saturated heterocycles. The van der Waals surface area contributed by atoms with Crippen LogP contribution in [0.1, 0.15) is 21.6 Å². The van der Waals surface area contributed by atoms with Crippen LogP contribution in [0.5, 0.6) is 0 Å². The van der Waals surface area contributed by atoms with E-state index in [2.05, 4.69) is 81.7 Å². The van der Waals surface area contributed by atoms with Gasteiger partial charge < -0.3 is 15.0 Å². The number of aromatic nitrogens is 1. The quantitative estimate of drug-likeness (QED) is 0.569. The van der Waals surface area contributed by atoms with E-state index in [-0.39, 0.29) is 5.54 Å². The first-order chi connectivity index (χ1) is 15.7. The summed E-state index contributed by atoms with van der Waals surface area (Å²) in [5, 5.41) is 4.91. The smallest absolute Gasteiger partial charge is 0.185 e. The Hall–Kier alpha value is -2.25. The highest BCUT2D eigenvalue weighted by molar-refractivity contribution is 7.15. The highest BCUT2D eigenvalue weighted by Gasteiger charge is 2.40. The highest BCUT2D eigenvalue weighted by atomic mass is 32.1. The fourth-order valence-corrected chi connectivity index (χ4v) is 5.86. The van der Waals surface area contributed by atoms with E-state index >= 15 is 0 Å². The second-order valence-electron chi connectivity index (χ2n) is 9.00. The van der Waals surface area contributed by atoms with Crippen molar-refractivity contribution in [3.05, 3.63) is 82.4 Å². The number of ether oxygens (including phenoxy) is 1. The van der Waals surface area contributed by atoms with Gasteiger partial charge in [0, 0.05) is 49.3 Å². The van der Waals surface area contributed by atoms with Crippen LogP contribution in [0.2, 0.25) is 0 Å². The van der Waals surface area contributed by atoms with Gasteiger partial charge in [-0.1, -0.05) is 54.6 Å². The third kappa shape index (κ3) is 4.74. The van der Waals surface area contributed by atoms with Crippen LogP contribution < -0.4 is 10.2 Å². The maximum Gasteiger partial charge on any atom is 0.185 e. The molecule has 0 radical (unpaired) electrons. The van der Waals surface area contributed by atoms with Crippen molar-refractivity contribution in [1.82, 2.24) is 15.2 Å². The van der Waals surface area contributed by atoms with E-state index in [1.807, 2.05) is 6.20 Å². The molecule has 5 rings (SSSR count). The van der Waals surface area contributed by atoms with Gasteiger partial charge in [0.25, 0.3) is 0 Å². The Kier molecular flexibility index (Phi) is 6.55. The second kappa shape index (κ2) is 9.71. The van der Waals surface area contributed by atoms with E-state index in [4.69, 9.17) is 4.74 Å². The lowest BCUT2D eigenvalue weighted by atomic mass is 9.92. The SMILES string of the molecule is CN(Cc1ccccc1)C1(CNCc2cnc(N3CCOCC3)s2)Cc2ccccc2C1. The molecule has 3 aromatic rings. The van der Waals surface area contributed by atoms with Crippen LogP contribution in [0.25, 0.3) is 0 Å². The molecule has 1 aliphatic carbocycles. The monoisotopic (exact) mass is 448 g/mol. The van der Waals surface area contributed by atoms with Crippen molar-refractivity contribution in [2.24, 2.45) is 0 Å². The Morgan fingerprint density at radius 2 is 1.72 bits per heavy atom. The number of anilines is 1. The van der Waals surface area contributed by atoms with E-state index in [1.54, 1.807) is 11.3 Å². The van der Waals surface area contributed by atoms with Crippen molar-refractivity contribution in [2.45, 2.75) is 31.5 Å². The van der Waals surface area contributed by atoms with E-state index in [9.17, 15) is 0 Å². The molecule has 0 unspecified atom stereocenters. The van der Waals surface area contributed by atoms with Crippen LogP contribution >= 0.6 is 11.3 Å². The summed E-state index contributed by atoms with van der Waals surface area (Å²) in [6.45, 7) is 6.24. The summed E-state index contributed by atoms with van der Waals surface area (Å²) in [5.41, 5.74) is 4.42. The van der Waals surface area contributed by atoms with E-state index in [0.29, 0.717) is 0 Å². The van der Waals surface area contributed by atoms with E-state index < -0.39 is 0 Å². The lowest BCUT2D eigenvalue weighted by Gasteiger charge is -2.39. The maximum atomic E-state index is 5.47. The fourth-order valence-electron chi connectivity index (χ4n) is 4.93. The number of thiazole rings is 1. The van der Waals surface area contributed by atoms with Gasteiger partial charge in [-0.15, -0.1) is 11.3 Å². The van der Waals surface area contributed by atoms with Gasteiger partial charge in [-0.05, 0) is 36.6 Å². The van der Waals surface area contributed by atoms with Crippen molar-refractivity contribution in [2.75, 3.05) is 44.8 Å². The number of morpholine rings is 1. The molecular formula is C26H32N4OS. The zero-order valence-corrected chi connectivity index (χ0v) is 19.6. The third-order valence-corrected chi connectivity index (χ3v) is 7.86. The largest absolute Gasteiger partial charge is 0.378 e. The van der Waals surface area contributed by atoms with Gasteiger partial charge in [-0.3, -0.25) is 4.90 Å². The molecule has 168 valence electrons. The summed E-state index contributed by atoms with van der Waals surface area (Å²) in [5.74, 6) is 0. The van der Waals surface area contributed by atoms with E-state index in [1.165, 1.54) is 21.6 Å². The zero-order chi connectivity index (χ0) is 21.8. The molecule has 5 nitrogen and oxygen atoms in total. The topological polar surface area (TPSA) is 40.6 Å². The third-order valence-electron chi connectivity index (χ3n) is 6.81. The maximum absolute atomic E-state index is 5.47. The van der Waals surface area contributed by atoms with Crippen LogP contribution in [0.15, 0.2) is 60.8 Å². The molecule has 2 heterocycles. The predicted molar refractivity (Wildman–Crippen MR) is 131 cm³/mol. The molecule has 6 heteroatoms. The molecule has 1 fully saturated rings. The highest BCUT2D eigenvalue weighted by Crippen LogP contribution is 2.35. The predicted octanol–water partition coefficient (Wildman–Crippen LogP) is 3.74. The minimum Gasteiger partial charge on any atom is -0.378 e. The standard InChI is InChI=1S/C26H32N4OS/c1-29(19-21-7-3-2-4-8-21)26(15-22-9-5-6-10-23(22)16-26)20-27-17-24-18-28-25(32-24)30-11-13-31-14-12-30/h2-10,18,27H,11-17,19-20H2,1H3. The minimum atomic E-state index is 0.0806. The van der Waals surface area contributed by atoms with Crippen LogP contribution in [0, 0.1) is 0 Å². The summed E-state index contributed by atoms with van der Waals surface area (Å²) in [6.07, 6.45) is 4.20. The van der Waals surface area contributed by atoms with Crippen LogP contribution in [0.3, 0.4) is 0 Å². The summed E-state index contributed by atoms with van der Waals surface area (Å²) in [6, 6.07) is 19.7. The van der Waals surface area contributed by atoms with Crippen LogP contribution in [0.4, 0.5) is 5.13 Å². The lowest BCUT2D eigenvalue weighted by Crippen LogP contribution is -2.53. The molecule has 0 saturated carbocycles.